The number of piperidine rings is 1. The molecular weight excluding hydrogens is 462 g/mol. The van der Waals surface area contributed by atoms with Crippen molar-refractivity contribution < 1.29 is 28.5 Å². The quantitative estimate of drug-likeness (QED) is 0.629. The highest BCUT2D eigenvalue weighted by Gasteiger charge is 2.34. The van der Waals surface area contributed by atoms with Crippen molar-refractivity contribution in [3.63, 3.8) is 0 Å². The first-order chi connectivity index (χ1) is 17.6. The maximum Gasteiger partial charge on any atom is 0.237 e. The molecule has 1 N–H and O–H groups in total. The molecule has 5 rings (SSSR count). The third-order valence-corrected chi connectivity index (χ3v) is 7.33. The maximum atomic E-state index is 13.3. The molecule has 9 heteroatoms. The number of ether oxygens (including phenoxy) is 4. The predicted molar refractivity (Wildman–Crippen MR) is 134 cm³/mol. The summed E-state index contributed by atoms with van der Waals surface area (Å²) < 4.78 is 21.7. The number of methoxy groups -OCH3 is 2. The number of nitrogens with one attached hydrogen (secondary N) is 1. The molecule has 0 aromatic heterocycles. The van der Waals surface area contributed by atoms with Gasteiger partial charge in [0.05, 0.1) is 26.8 Å². The number of benzene rings is 2. The fraction of sp³-hybridized carbons (Fsp3) is 0.481. The van der Waals surface area contributed by atoms with E-state index >= 15 is 0 Å². The van der Waals surface area contributed by atoms with E-state index in [1.54, 1.807) is 26.4 Å². The fourth-order valence-electron chi connectivity index (χ4n) is 5.34. The Morgan fingerprint density at radius 3 is 2.56 bits per heavy atom. The number of carbonyl (C=O) groups excluding carboxylic acids is 2. The second-order valence-corrected chi connectivity index (χ2v) is 9.46. The molecule has 9 nitrogen and oxygen atoms in total. The van der Waals surface area contributed by atoms with Crippen LogP contribution in [0, 0.1) is 5.92 Å². The van der Waals surface area contributed by atoms with E-state index in [1.165, 1.54) is 0 Å². The summed E-state index contributed by atoms with van der Waals surface area (Å²) in [6.07, 6.45) is 3.30. The highest BCUT2D eigenvalue weighted by molar-refractivity contribution is 5.93. The zero-order chi connectivity index (χ0) is 25.1. The third-order valence-electron chi connectivity index (χ3n) is 7.33. The van der Waals surface area contributed by atoms with Crippen LogP contribution in [-0.2, 0) is 9.59 Å². The monoisotopic (exact) mass is 495 g/mol. The van der Waals surface area contributed by atoms with Crippen LogP contribution in [0.1, 0.15) is 37.3 Å². The van der Waals surface area contributed by atoms with E-state index in [2.05, 4.69) is 10.2 Å². The number of anilines is 1. The average molecular weight is 496 g/mol. The lowest BCUT2D eigenvalue weighted by Gasteiger charge is -2.33. The number of amides is 2. The SMILES string of the molecule is COc1ccc(OC)c([C@@H]2CCCN2C(=O)CN2CCC(C(=O)Nc3ccc4c(c3)OCO4)CC2)c1. The first-order valence-electron chi connectivity index (χ1n) is 12.5. The minimum absolute atomic E-state index is 0.00423. The molecule has 3 aliphatic heterocycles. The number of likely N-dealkylation sites (tertiary alicyclic amines) is 2. The topological polar surface area (TPSA) is 89.6 Å². The van der Waals surface area contributed by atoms with Crippen molar-refractivity contribution in [2.75, 3.05) is 52.5 Å². The van der Waals surface area contributed by atoms with Gasteiger partial charge in [0.2, 0.25) is 18.6 Å². The Bertz CT molecular complexity index is 1110. The van der Waals surface area contributed by atoms with Crippen molar-refractivity contribution in [1.82, 2.24) is 9.80 Å². The lowest BCUT2D eigenvalue weighted by molar-refractivity contribution is -0.133. The highest BCUT2D eigenvalue weighted by atomic mass is 16.7. The molecule has 2 saturated heterocycles. The van der Waals surface area contributed by atoms with Crippen LogP contribution in [0.5, 0.6) is 23.0 Å². The van der Waals surface area contributed by atoms with Gasteiger partial charge in [0.1, 0.15) is 11.5 Å². The molecule has 0 saturated carbocycles. The van der Waals surface area contributed by atoms with Crippen molar-refractivity contribution >= 4 is 17.5 Å². The number of fused-ring (bicyclic) bond motifs is 1. The molecule has 0 bridgehead atoms. The normalized spacial score (nSPS) is 19.8. The van der Waals surface area contributed by atoms with Crippen LogP contribution in [0.25, 0.3) is 0 Å². The molecule has 3 heterocycles. The van der Waals surface area contributed by atoms with E-state index in [0.29, 0.717) is 36.8 Å². The number of nitrogens with zero attached hydrogens (tertiary/aromatic N) is 2. The average Bonchev–Trinajstić information content (AvgIpc) is 3.58. The Labute approximate surface area is 211 Å². The molecule has 0 unspecified atom stereocenters. The number of hydrogen-bond acceptors (Lipinski definition) is 7. The van der Waals surface area contributed by atoms with Crippen molar-refractivity contribution in [3.05, 3.63) is 42.0 Å². The van der Waals surface area contributed by atoms with Crippen molar-refractivity contribution in [2.45, 2.75) is 31.7 Å². The first-order valence-corrected chi connectivity index (χ1v) is 12.5. The molecule has 2 amide bonds. The summed E-state index contributed by atoms with van der Waals surface area (Å²) in [5, 5.41) is 3.00. The molecular formula is C27H33N3O6. The van der Waals surface area contributed by atoms with Gasteiger partial charge in [0.25, 0.3) is 0 Å². The number of rotatable bonds is 7. The Morgan fingerprint density at radius 1 is 0.972 bits per heavy atom. The van der Waals surface area contributed by atoms with E-state index in [1.807, 2.05) is 29.2 Å². The molecule has 2 fully saturated rings. The van der Waals surface area contributed by atoms with Crippen molar-refractivity contribution in [3.8, 4) is 23.0 Å². The second-order valence-electron chi connectivity index (χ2n) is 9.46. The van der Waals surface area contributed by atoms with Crippen LogP contribution in [0.2, 0.25) is 0 Å². The van der Waals surface area contributed by atoms with Crippen LogP contribution in [0.4, 0.5) is 5.69 Å². The molecule has 2 aromatic carbocycles. The van der Waals surface area contributed by atoms with E-state index in [4.69, 9.17) is 18.9 Å². The largest absolute Gasteiger partial charge is 0.497 e. The molecule has 0 spiro atoms. The number of hydrogen-bond donors (Lipinski definition) is 1. The molecule has 0 radical (unpaired) electrons. The molecule has 1 atom stereocenters. The summed E-state index contributed by atoms with van der Waals surface area (Å²) in [5.41, 5.74) is 1.69. The summed E-state index contributed by atoms with van der Waals surface area (Å²) in [5.74, 6) is 2.91. The van der Waals surface area contributed by atoms with Crippen LogP contribution in [0.3, 0.4) is 0 Å². The predicted octanol–water partition coefficient (Wildman–Crippen LogP) is 3.45. The molecule has 36 heavy (non-hydrogen) atoms. The Morgan fingerprint density at radius 2 is 1.78 bits per heavy atom. The zero-order valence-electron chi connectivity index (χ0n) is 20.8. The zero-order valence-corrected chi connectivity index (χ0v) is 20.8. The molecule has 2 aromatic rings. The van der Waals surface area contributed by atoms with Gasteiger partial charge in [-0.2, -0.15) is 0 Å². The summed E-state index contributed by atoms with van der Waals surface area (Å²) in [7, 11) is 3.29. The van der Waals surface area contributed by atoms with Gasteiger partial charge < -0.3 is 29.2 Å². The van der Waals surface area contributed by atoms with Crippen LogP contribution in [0.15, 0.2) is 36.4 Å². The van der Waals surface area contributed by atoms with Gasteiger partial charge in [0.15, 0.2) is 11.5 Å². The maximum absolute atomic E-state index is 13.3. The lowest BCUT2D eigenvalue weighted by Crippen LogP contribution is -2.44. The van der Waals surface area contributed by atoms with E-state index < -0.39 is 0 Å². The lowest BCUT2D eigenvalue weighted by atomic mass is 9.95. The first kappa shape index (κ1) is 24.2. The van der Waals surface area contributed by atoms with Gasteiger partial charge in [-0.15, -0.1) is 0 Å². The Balaban J connectivity index is 1.15. The van der Waals surface area contributed by atoms with Crippen LogP contribution >= 0.6 is 0 Å². The highest BCUT2D eigenvalue weighted by Crippen LogP contribution is 2.39. The van der Waals surface area contributed by atoms with Crippen LogP contribution < -0.4 is 24.3 Å². The number of carbonyl (C=O) groups is 2. The molecule has 0 aliphatic carbocycles. The Kier molecular flexibility index (Phi) is 7.18. The summed E-state index contributed by atoms with van der Waals surface area (Å²) in [6.45, 7) is 2.73. The van der Waals surface area contributed by atoms with Gasteiger partial charge in [-0.05, 0) is 69.1 Å². The van der Waals surface area contributed by atoms with Gasteiger partial charge in [0, 0.05) is 29.8 Å². The van der Waals surface area contributed by atoms with E-state index in [-0.39, 0.29) is 30.6 Å². The smallest absolute Gasteiger partial charge is 0.237 e. The minimum atomic E-state index is -0.0812. The molecule has 192 valence electrons. The summed E-state index contributed by atoms with van der Waals surface area (Å²) in [4.78, 5) is 30.3. The van der Waals surface area contributed by atoms with E-state index in [9.17, 15) is 9.59 Å². The Hall–Kier alpha value is -3.46. The van der Waals surface area contributed by atoms with Crippen LogP contribution in [-0.4, -0.2) is 68.8 Å². The van der Waals surface area contributed by atoms with Crippen molar-refractivity contribution in [1.29, 1.82) is 0 Å². The summed E-state index contributed by atoms with van der Waals surface area (Å²) >= 11 is 0. The van der Waals surface area contributed by atoms with E-state index in [0.717, 1.165) is 49.3 Å². The fourth-order valence-corrected chi connectivity index (χ4v) is 5.34. The van der Waals surface area contributed by atoms with Crippen molar-refractivity contribution in [2.24, 2.45) is 5.92 Å². The van der Waals surface area contributed by atoms with Gasteiger partial charge in [-0.25, -0.2) is 0 Å². The second kappa shape index (κ2) is 10.7. The third kappa shape index (κ3) is 5.06. The van der Waals surface area contributed by atoms with Gasteiger partial charge in [-0.1, -0.05) is 0 Å². The standard InChI is InChI=1S/C27H33N3O6/c1-33-20-6-8-23(34-2)21(15-20)22-4-3-11-30(22)26(31)16-29-12-9-18(10-13-29)27(32)28-19-5-7-24-25(14-19)36-17-35-24/h5-8,14-15,18,22H,3-4,9-13,16-17H2,1-2H3,(H,28,32)/t22-/m0/s1. The molecule has 3 aliphatic rings. The van der Waals surface area contributed by atoms with Gasteiger partial charge >= 0.3 is 0 Å². The van der Waals surface area contributed by atoms with Gasteiger partial charge in [-0.3, -0.25) is 14.5 Å². The minimum Gasteiger partial charge on any atom is -0.497 e. The summed E-state index contributed by atoms with van der Waals surface area (Å²) in [6, 6.07) is 11.1.